The standard InChI is InChI=1S/C22H36O4/c1-3-4-5-9-18(23)11-12-19-20-14-16(13-17(20)15-21(19)24)8-6-7-10-22(25)26-2/h11-13,17-21,23-24H,3-10,14-15H2,1-2H3/b12-11+/t17?,18-,19+,20-,21+/m0/s1. The summed E-state index contributed by atoms with van der Waals surface area (Å²) in [6, 6.07) is 0. The highest BCUT2D eigenvalue weighted by Gasteiger charge is 2.43. The SMILES string of the molecule is CCCCC[C@H](O)/C=C/[C@H]1[C@H](O)CC2C=C(CCCCC(=O)OC)C[C@@H]21. The summed E-state index contributed by atoms with van der Waals surface area (Å²) in [5.41, 5.74) is 1.47. The highest BCUT2D eigenvalue weighted by molar-refractivity contribution is 5.68. The van der Waals surface area contributed by atoms with E-state index in [1.165, 1.54) is 12.7 Å². The van der Waals surface area contributed by atoms with E-state index in [0.717, 1.165) is 57.8 Å². The molecule has 0 aromatic heterocycles. The first-order valence-electron chi connectivity index (χ1n) is 10.4. The maximum atomic E-state index is 11.2. The molecule has 0 aliphatic heterocycles. The van der Waals surface area contributed by atoms with Crippen molar-refractivity contribution in [2.75, 3.05) is 7.11 Å². The Kier molecular flexibility index (Phi) is 8.86. The minimum atomic E-state index is -0.389. The summed E-state index contributed by atoms with van der Waals surface area (Å²) in [7, 11) is 1.43. The van der Waals surface area contributed by atoms with Gasteiger partial charge in [-0.25, -0.2) is 0 Å². The normalized spacial score (nSPS) is 29.0. The van der Waals surface area contributed by atoms with Crippen LogP contribution in [0.1, 0.15) is 71.1 Å². The van der Waals surface area contributed by atoms with Crippen molar-refractivity contribution in [1.29, 1.82) is 0 Å². The van der Waals surface area contributed by atoms with Gasteiger partial charge in [-0.2, -0.15) is 0 Å². The predicted octanol–water partition coefficient (Wildman–Crippen LogP) is 4.16. The Bertz CT molecular complexity index is 496. The van der Waals surface area contributed by atoms with Crippen molar-refractivity contribution in [1.82, 2.24) is 0 Å². The second kappa shape index (κ2) is 10.9. The molecule has 0 amide bonds. The predicted molar refractivity (Wildman–Crippen MR) is 104 cm³/mol. The van der Waals surface area contributed by atoms with Gasteiger partial charge < -0.3 is 14.9 Å². The molecule has 1 unspecified atom stereocenters. The number of rotatable bonds is 11. The first kappa shape index (κ1) is 21.2. The largest absolute Gasteiger partial charge is 0.469 e. The van der Waals surface area contributed by atoms with Crippen molar-refractivity contribution in [3.63, 3.8) is 0 Å². The Morgan fingerprint density at radius 3 is 2.88 bits per heavy atom. The van der Waals surface area contributed by atoms with Crippen LogP contribution in [0.2, 0.25) is 0 Å². The van der Waals surface area contributed by atoms with Gasteiger partial charge in [0.05, 0.1) is 19.3 Å². The van der Waals surface area contributed by atoms with Gasteiger partial charge in [-0.3, -0.25) is 4.79 Å². The van der Waals surface area contributed by atoms with E-state index in [1.807, 2.05) is 6.08 Å². The van der Waals surface area contributed by atoms with Crippen LogP contribution in [0.15, 0.2) is 23.8 Å². The summed E-state index contributed by atoms with van der Waals surface area (Å²) in [6.07, 6.45) is 15.1. The molecule has 5 atom stereocenters. The molecule has 0 saturated heterocycles. The van der Waals surface area contributed by atoms with Crippen molar-refractivity contribution in [3.8, 4) is 0 Å². The lowest BCUT2D eigenvalue weighted by Crippen LogP contribution is -2.18. The van der Waals surface area contributed by atoms with Gasteiger partial charge in [0.2, 0.25) is 0 Å². The van der Waals surface area contributed by atoms with E-state index in [1.54, 1.807) is 0 Å². The molecule has 0 radical (unpaired) electrons. The Morgan fingerprint density at radius 2 is 2.15 bits per heavy atom. The molecule has 4 heteroatoms. The van der Waals surface area contributed by atoms with Crippen molar-refractivity contribution in [2.24, 2.45) is 17.8 Å². The molecule has 0 heterocycles. The molecule has 0 aromatic rings. The van der Waals surface area contributed by atoms with Gasteiger partial charge in [0.15, 0.2) is 0 Å². The summed E-state index contributed by atoms with van der Waals surface area (Å²) in [6.45, 7) is 2.16. The number of hydrogen-bond donors (Lipinski definition) is 2. The van der Waals surface area contributed by atoms with Crippen LogP contribution in [-0.4, -0.2) is 35.5 Å². The van der Waals surface area contributed by atoms with Gasteiger partial charge in [0.25, 0.3) is 0 Å². The zero-order chi connectivity index (χ0) is 18.9. The van der Waals surface area contributed by atoms with Crippen LogP contribution < -0.4 is 0 Å². The van der Waals surface area contributed by atoms with Crippen LogP contribution in [0, 0.1) is 17.8 Å². The number of methoxy groups -OCH3 is 1. The molecule has 4 nitrogen and oxygen atoms in total. The van der Waals surface area contributed by atoms with Crippen LogP contribution in [0.4, 0.5) is 0 Å². The van der Waals surface area contributed by atoms with Crippen LogP contribution in [-0.2, 0) is 9.53 Å². The summed E-state index contributed by atoms with van der Waals surface area (Å²) in [4.78, 5) is 11.2. The monoisotopic (exact) mass is 364 g/mol. The van der Waals surface area contributed by atoms with E-state index >= 15 is 0 Å². The number of ether oxygens (including phenoxy) is 1. The second-order valence-corrected chi connectivity index (χ2v) is 7.97. The van der Waals surface area contributed by atoms with Gasteiger partial charge >= 0.3 is 5.97 Å². The van der Waals surface area contributed by atoms with Crippen molar-refractivity contribution >= 4 is 5.97 Å². The molecule has 148 valence electrons. The molecular formula is C22H36O4. The van der Waals surface area contributed by atoms with Gasteiger partial charge in [0.1, 0.15) is 0 Å². The zero-order valence-corrected chi connectivity index (χ0v) is 16.4. The van der Waals surface area contributed by atoms with Crippen LogP contribution in [0.3, 0.4) is 0 Å². The number of carbonyl (C=O) groups excluding carboxylic acids is 1. The number of aliphatic hydroxyl groups is 2. The number of aliphatic hydroxyl groups excluding tert-OH is 2. The average Bonchev–Trinajstić information content (AvgIpc) is 3.13. The summed E-state index contributed by atoms with van der Waals surface area (Å²) >= 11 is 0. The topological polar surface area (TPSA) is 66.8 Å². The highest BCUT2D eigenvalue weighted by atomic mass is 16.5. The molecule has 0 spiro atoms. The number of unbranched alkanes of at least 4 members (excludes halogenated alkanes) is 3. The maximum Gasteiger partial charge on any atom is 0.305 e. The molecule has 2 aliphatic carbocycles. The van der Waals surface area contributed by atoms with Gasteiger partial charge in [0, 0.05) is 12.3 Å². The quantitative estimate of drug-likeness (QED) is 0.328. The number of esters is 1. The molecular weight excluding hydrogens is 328 g/mol. The lowest BCUT2D eigenvalue weighted by Gasteiger charge is -2.19. The summed E-state index contributed by atoms with van der Waals surface area (Å²) in [5, 5.41) is 20.5. The Morgan fingerprint density at radius 1 is 1.35 bits per heavy atom. The third-order valence-corrected chi connectivity index (χ3v) is 5.97. The van der Waals surface area contributed by atoms with Gasteiger partial charge in [-0.15, -0.1) is 0 Å². The first-order valence-corrected chi connectivity index (χ1v) is 10.4. The number of carbonyl (C=O) groups is 1. The fourth-order valence-electron chi connectivity index (χ4n) is 4.47. The molecule has 2 rings (SSSR count). The molecule has 2 aliphatic rings. The van der Waals surface area contributed by atoms with E-state index in [0.29, 0.717) is 18.3 Å². The van der Waals surface area contributed by atoms with E-state index in [9.17, 15) is 15.0 Å². The average molecular weight is 365 g/mol. The summed E-state index contributed by atoms with van der Waals surface area (Å²) in [5.74, 6) is 0.963. The zero-order valence-electron chi connectivity index (χ0n) is 16.4. The molecule has 0 aromatic carbocycles. The Labute approximate surface area is 158 Å². The molecule has 0 bridgehead atoms. The Balaban J connectivity index is 1.76. The molecule has 1 saturated carbocycles. The molecule has 2 N–H and O–H groups in total. The molecule has 26 heavy (non-hydrogen) atoms. The van der Waals surface area contributed by atoms with Crippen molar-refractivity contribution in [3.05, 3.63) is 23.8 Å². The van der Waals surface area contributed by atoms with E-state index in [4.69, 9.17) is 0 Å². The lowest BCUT2D eigenvalue weighted by molar-refractivity contribution is -0.140. The van der Waals surface area contributed by atoms with E-state index in [2.05, 4.69) is 23.8 Å². The highest BCUT2D eigenvalue weighted by Crippen LogP contribution is 2.48. The minimum Gasteiger partial charge on any atom is -0.469 e. The van der Waals surface area contributed by atoms with Crippen LogP contribution >= 0.6 is 0 Å². The fourth-order valence-corrected chi connectivity index (χ4v) is 4.47. The lowest BCUT2D eigenvalue weighted by atomic mass is 9.88. The van der Waals surface area contributed by atoms with Crippen LogP contribution in [0.25, 0.3) is 0 Å². The fraction of sp³-hybridized carbons (Fsp3) is 0.773. The number of fused-ring (bicyclic) bond motifs is 1. The van der Waals surface area contributed by atoms with E-state index in [-0.39, 0.29) is 24.1 Å². The second-order valence-electron chi connectivity index (χ2n) is 7.97. The third-order valence-electron chi connectivity index (χ3n) is 5.97. The third kappa shape index (κ3) is 6.24. The van der Waals surface area contributed by atoms with Crippen LogP contribution in [0.5, 0.6) is 0 Å². The van der Waals surface area contributed by atoms with Gasteiger partial charge in [-0.1, -0.05) is 50.0 Å². The Hall–Kier alpha value is -1.13. The number of allylic oxidation sites excluding steroid dienone is 2. The van der Waals surface area contributed by atoms with Gasteiger partial charge in [-0.05, 0) is 50.4 Å². The summed E-state index contributed by atoms with van der Waals surface area (Å²) < 4.78 is 4.68. The molecule has 1 fully saturated rings. The van der Waals surface area contributed by atoms with Crippen molar-refractivity contribution in [2.45, 2.75) is 83.3 Å². The van der Waals surface area contributed by atoms with Crippen molar-refractivity contribution < 1.29 is 19.7 Å². The number of hydrogen-bond acceptors (Lipinski definition) is 4. The smallest absolute Gasteiger partial charge is 0.305 e. The minimum absolute atomic E-state index is 0.131. The first-order chi connectivity index (χ1) is 12.5. The van der Waals surface area contributed by atoms with E-state index < -0.39 is 0 Å². The maximum absolute atomic E-state index is 11.2.